The first kappa shape index (κ1) is 13.8. The second-order valence-electron chi connectivity index (χ2n) is 3.91. The third-order valence-corrected chi connectivity index (χ3v) is 3.09. The number of hydrogen-bond donors (Lipinski definition) is 1. The van der Waals surface area contributed by atoms with E-state index in [2.05, 4.69) is 0 Å². The van der Waals surface area contributed by atoms with Crippen LogP contribution in [0.1, 0.15) is 17.2 Å². The average molecular weight is 290 g/mol. The molecule has 0 aliphatic rings. The van der Waals surface area contributed by atoms with E-state index in [0.29, 0.717) is 12.1 Å². The smallest absolute Gasteiger partial charge is 0.161 e. The molecular weight excluding hydrogens is 282 g/mol. The van der Waals surface area contributed by atoms with Crippen molar-refractivity contribution in [3.63, 3.8) is 0 Å². The van der Waals surface area contributed by atoms with Crippen LogP contribution in [0.5, 0.6) is 0 Å². The number of benzene rings is 2. The summed E-state index contributed by atoms with van der Waals surface area (Å²) in [4.78, 5) is 0. The Morgan fingerprint density at radius 1 is 0.842 bits per heavy atom. The molecule has 0 saturated heterocycles. The van der Waals surface area contributed by atoms with Gasteiger partial charge in [-0.25, -0.2) is 17.6 Å². The summed E-state index contributed by atoms with van der Waals surface area (Å²) in [6.45, 7) is 0. The second kappa shape index (κ2) is 5.19. The first-order valence-electron chi connectivity index (χ1n) is 5.25. The van der Waals surface area contributed by atoms with Gasteiger partial charge in [0.05, 0.1) is 11.1 Å². The fourth-order valence-electron chi connectivity index (χ4n) is 1.70. The monoisotopic (exact) mass is 289 g/mol. The molecule has 2 N–H and O–H groups in total. The zero-order chi connectivity index (χ0) is 14.2. The molecule has 2 aromatic carbocycles. The summed E-state index contributed by atoms with van der Waals surface area (Å²) in [7, 11) is 0. The summed E-state index contributed by atoms with van der Waals surface area (Å²) in [6.07, 6.45) is 0. The summed E-state index contributed by atoms with van der Waals surface area (Å²) in [5, 5.41) is -0.279. The van der Waals surface area contributed by atoms with Crippen LogP contribution < -0.4 is 5.73 Å². The number of rotatable bonds is 2. The van der Waals surface area contributed by atoms with Crippen molar-refractivity contribution < 1.29 is 17.6 Å². The van der Waals surface area contributed by atoms with Gasteiger partial charge in [0.1, 0.15) is 11.6 Å². The zero-order valence-electron chi connectivity index (χ0n) is 9.43. The van der Waals surface area contributed by atoms with Crippen LogP contribution in [-0.4, -0.2) is 0 Å². The van der Waals surface area contributed by atoms with E-state index in [4.69, 9.17) is 17.3 Å². The van der Waals surface area contributed by atoms with Crippen LogP contribution in [0.2, 0.25) is 5.02 Å². The van der Waals surface area contributed by atoms with E-state index >= 15 is 0 Å². The van der Waals surface area contributed by atoms with E-state index in [1.54, 1.807) is 0 Å². The molecule has 0 saturated carbocycles. The topological polar surface area (TPSA) is 26.0 Å². The molecule has 0 amide bonds. The lowest BCUT2D eigenvalue weighted by molar-refractivity contribution is 0.487. The van der Waals surface area contributed by atoms with Crippen LogP contribution in [0.4, 0.5) is 17.6 Å². The largest absolute Gasteiger partial charge is 0.320 e. The van der Waals surface area contributed by atoms with Gasteiger partial charge in [-0.2, -0.15) is 0 Å². The third-order valence-electron chi connectivity index (χ3n) is 2.69. The van der Waals surface area contributed by atoms with Gasteiger partial charge in [0.2, 0.25) is 0 Å². The minimum atomic E-state index is -1.32. The van der Waals surface area contributed by atoms with Crippen LogP contribution in [-0.2, 0) is 0 Å². The average Bonchev–Trinajstić information content (AvgIpc) is 2.36. The SMILES string of the molecule is NC(c1cc(F)c(F)cc1F)c1cccc(F)c1Cl. The molecule has 0 bridgehead atoms. The van der Waals surface area contributed by atoms with Crippen molar-refractivity contribution in [3.05, 3.63) is 69.8 Å². The van der Waals surface area contributed by atoms with Crippen LogP contribution >= 0.6 is 11.6 Å². The number of hydrogen-bond acceptors (Lipinski definition) is 1. The van der Waals surface area contributed by atoms with Gasteiger partial charge in [0, 0.05) is 11.6 Å². The Balaban J connectivity index is 2.53. The molecule has 0 spiro atoms. The van der Waals surface area contributed by atoms with Crippen LogP contribution in [0, 0.1) is 23.3 Å². The van der Waals surface area contributed by atoms with Gasteiger partial charge in [-0.15, -0.1) is 0 Å². The normalized spacial score (nSPS) is 12.5. The molecule has 0 aliphatic heterocycles. The van der Waals surface area contributed by atoms with Gasteiger partial charge in [0.15, 0.2) is 11.6 Å². The molecule has 19 heavy (non-hydrogen) atoms. The molecule has 2 rings (SSSR count). The van der Waals surface area contributed by atoms with Gasteiger partial charge in [-0.05, 0) is 17.7 Å². The Morgan fingerprint density at radius 2 is 1.47 bits per heavy atom. The maximum atomic E-state index is 13.6. The third kappa shape index (κ3) is 2.57. The standard InChI is InChI=1S/C13H8ClF4N/c14-12-6(2-1-3-8(12)15)13(19)7-4-10(17)11(18)5-9(7)16/h1-5,13H,19H2. The molecule has 1 unspecified atom stereocenters. The van der Waals surface area contributed by atoms with Crippen molar-refractivity contribution in [1.29, 1.82) is 0 Å². The van der Waals surface area contributed by atoms with E-state index in [1.807, 2.05) is 0 Å². The van der Waals surface area contributed by atoms with Gasteiger partial charge in [-0.1, -0.05) is 23.7 Å². The Kier molecular flexibility index (Phi) is 3.78. The molecule has 0 heterocycles. The van der Waals surface area contributed by atoms with Crippen LogP contribution in [0.15, 0.2) is 30.3 Å². The Morgan fingerprint density at radius 3 is 2.16 bits per heavy atom. The van der Waals surface area contributed by atoms with E-state index in [9.17, 15) is 17.6 Å². The second-order valence-corrected chi connectivity index (χ2v) is 4.29. The maximum absolute atomic E-state index is 13.6. The molecule has 6 heteroatoms. The van der Waals surface area contributed by atoms with Crippen molar-refractivity contribution in [2.24, 2.45) is 5.73 Å². The van der Waals surface area contributed by atoms with E-state index < -0.39 is 29.3 Å². The Hall–Kier alpha value is -1.59. The highest BCUT2D eigenvalue weighted by atomic mass is 35.5. The first-order valence-corrected chi connectivity index (χ1v) is 5.63. The fourth-order valence-corrected chi connectivity index (χ4v) is 1.95. The van der Waals surface area contributed by atoms with E-state index in [1.165, 1.54) is 12.1 Å². The molecule has 0 aromatic heterocycles. The number of halogens is 5. The van der Waals surface area contributed by atoms with Crippen molar-refractivity contribution in [1.82, 2.24) is 0 Å². The zero-order valence-corrected chi connectivity index (χ0v) is 10.2. The maximum Gasteiger partial charge on any atom is 0.161 e. The molecule has 0 fully saturated rings. The minimum Gasteiger partial charge on any atom is -0.320 e. The fraction of sp³-hybridized carbons (Fsp3) is 0.0769. The van der Waals surface area contributed by atoms with Crippen molar-refractivity contribution >= 4 is 11.6 Å². The highest BCUT2D eigenvalue weighted by Gasteiger charge is 2.20. The molecular formula is C13H8ClF4N. The highest BCUT2D eigenvalue weighted by Crippen LogP contribution is 2.30. The summed E-state index contributed by atoms with van der Waals surface area (Å²) in [6, 6.07) is 3.66. The predicted octanol–water partition coefficient (Wildman–Crippen LogP) is 3.94. The van der Waals surface area contributed by atoms with Crippen molar-refractivity contribution in [2.75, 3.05) is 0 Å². The van der Waals surface area contributed by atoms with Gasteiger partial charge < -0.3 is 5.73 Å². The summed E-state index contributed by atoms with van der Waals surface area (Å²) >= 11 is 5.72. The van der Waals surface area contributed by atoms with E-state index in [0.717, 1.165) is 6.07 Å². The number of nitrogens with two attached hydrogens (primary N) is 1. The molecule has 0 radical (unpaired) electrons. The Labute approximate surface area is 111 Å². The lowest BCUT2D eigenvalue weighted by atomic mass is 9.98. The van der Waals surface area contributed by atoms with E-state index in [-0.39, 0.29) is 16.1 Å². The van der Waals surface area contributed by atoms with Crippen molar-refractivity contribution in [3.8, 4) is 0 Å². The summed E-state index contributed by atoms with van der Waals surface area (Å²) < 4.78 is 52.8. The Bertz CT molecular complexity index is 630. The molecule has 1 atom stereocenters. The molecule has 1 nitrogen and oxygen atoms in total. The lowest BCUT2D eigenvalue weighted by Gasteiger charge is -2.15. The van der Waals surface area contributed by atoms with Gasteiger partial charge >= 0.3 is 0 Å². The van der Waals surface area contributed by atoms with Crippen LogP contribution in [0.3, 0.4) is 0 Å². The van der Waals surface area contributed by atoms with Gasteiger partial charge in [-0.3, -0.25) is 0 Å². The molecule has 2 aromatic rings. The molecule has 100 valence electrons. The van der Waals surface area contributed by atoms with Crippen molar-refractivity contribution in [2.45, 2.75) is 6.04 Å². The minimum absolute atomic E-state index is 0.0894. The first-order chi connectivity index (χ1) is 8.91. The summed E-state index contributed by atoms with van der Waals surface area (Å²) in [5.74, 6) is -4.30. The predicted molar refractivity (Wildman–Crippen MR) is 63.8 cm³/mol. The van der Waals surface area contributed by atoms with Gasteiger partial charge in [0.25, 0.3) is 0 Å². The summed E-state index contributed by atoms with van der Waals surface area (Å²) in [5.41, 5.74) is 5.52. The highest BCUT2D eigenvalue weighted by molar-refractivity contribution is 6.31. The lowest BCUT2D eigenvalue weighted by Crippen LogP contribution is -2.15. The molecule has 0 aliphatic carbocycles. The van der Waals surface area contributed by atoms with Crippen LogP contribution in [0.25, 0.3) is 0 Å². The quantitative estimate of drug-likeness (QED) is 0.657.